The summed E-state index contributed by atoms with van der Waals surface area (Å²) >= 11 is 0. The highest BCUT2D eigenvalue weighted by Gasteiger charge is 2.12. The third-order valence-electron chi connectivity index (χ3n) is 4.35. The molecule has 0 saturated carbocycles. The smallest absolute Gasteiger partial charge is 0.329 e. The lowest BCUT2D eigenvalue weighted by Crippen LogP contribution is -2.37. The van der Waals surface area contributed by atoms with Crippen molar-refractivity contribution in [3.05, 3.63) is 101 Å². The van der Waals surface area contributed by atoms with Crippen LogP contribution in [0.1, 0.15) is 22.3 Å². The van der Waals surface area contributed by atoms with Gasteiger partial charge in [-0.2, -0.15) is 5.10 Å². The summed E-state index contributed by atoms with van der Waals surface area (Å²) < 4.78 is 19.0. The first-order chi connectivity index (χ1) is 15.0. The van der Waals surface area contributed by atoms with Crippen molar-refractivity contribution in [2.75, 3.05) is 0 Å². The van der Waals surface area contributed by atoms with E-state index in [2.05, 4.69) is 15.8 Å². The van der Waals surface area contributed by atoms with Crippen LogP contribution in [0.4, 0.5) is 4.39 Å². The minimum Gasteiger partial charge on any atom is -0.488 e. The summed E-state index contributed by atoms with van der Waals surface area (Å²) in [4.78, 5) is 23.9. The molecule has 0 bridgehead atoms. The van der Waals surface area contributed by atoms with Crippen molar-refractivity contribution >= 4 is 18.0 Å². The largest absolute Gasteiger partial charge is 0.488 e. The van der Waals surface area contributed by atoms with Crippen LogP contribution in [-0.4, -0.2) is 18.0 Å². The first-order valence-corrected chi connectivity index (χ1v) is 9.64. The fourth-order valence-electron chi connectivity index (χ4n) is 2.69. The van der Waals surface area contributed by atoms with Crippen LogP contribution in [-0.2, 0) is 22.7 Å². The second kappa shape index (κ2) is 10.7. The van der Waals surface area contributed by atoms with E-state index in [-0.39, 0.29) is 19.0 Å². The normalized spacial score (nSPS) is 10.6. The van der Waals surface area contributed by atoms with Crippen molar-refractivity contribution in [1.82, 2.24) is 10.7 Å². The van der Waals surface area contributed by atoms with Gasteiger partial charge in [-0.1, -0.05) is 54.1 Å². The number of carbonyl (C=O) groups excluding carboxylic acids is 2. The summed E-state index contributed by atoms with van der Waals surface area (Å²) in [5, 5.41) is 6.37. The van der Waals surface area contributed by atoms with E-state index in [1.54, 1.807) is 36.4 Å². The van der Waals surface area contributed by atoms with Gasteiger partial charge in [0.2, 0.25) is 0 Å². The molecule has 3 aromatic carbocycles. The number of aryl methyl sites for hydroxylation is 1. The standard InChI is InChI=1S/C24H22FN3O3/c1-17-9-11-18(12-10-17)14-26-23(29)24(30)28-27-15-20-6-2-3-8-22(20)31-16-19-5-4-7-21(25)13-19/h2-13,15H,14,16H2,1H3,(H,26,29)(H,28,30)/b27-15-. The van der Waals surface area contributed by atoms with Crippen molar-refractivity contribution in [3.8, 4) is 5.75 Å². The van der Waals surface area contributed by atoms with Crippen LogP contribution in [0, 0.1) is 12.7 Å². The van der Waals surface area contributed by atoms with E-state index in [0.717, 1.165) is 11.1 Å². The van der Waals surface area contributed by atoms with E-state index < -0.39 is 11.8 Å². The lowest BCUT2D eigenvalue weighted by Gasteiger charge is -2.09. The van der Waals surface area contributed by atoms with Gasteiger partial charge < -0.3 is 10.1 Å². The van der Waals surface area contributed by atoms with Gasteiger partial charge in [-0.3, -0.25) is 9.59 Å². The predicted molar refractivity (Wildman–Crippen MR) is 116 cm³/mol. The summed E-state index contributed by atoms with van der Waals surface area (Å²) in [7, 11) is 0. The number of carbonyl (C=O) groups is 2. The molecule has 158 valence electrons. The van der Waals surface area contributed by atoms with E-state index in [9.17, 15) is 14.0 Å². The minimum absolute atomic E-state index is 0.177. The fourth-order valence-corrected chi connectivity index (χ4v) is 2.69. The van der Waals surface area contributed by atoms with E-state index in [0.29, 0.717) is 16.9 Å². The Hall–Kier alpha value is -4.00. The number of hydrogen-bond donors (Lipinski definition) is 2. The van der Waals surface area contributed by atoms with Gasteiger partial charge in [0.15, 0.2) is 0 Å². The van der Waals surface area contributed by atoms with Gasteiger partial charge in [0.05, 0.1) is 6.21 Å². The number of hydrogen-bond acceptors (Lipinski definition) is 4. The minimum atomic E-state index is -0.874. The molecule has 0 aliphatic heterocycles. The van der Waals surface area contributed by atoms with Crippen LogP contribution >= 0.6 is 0 Å². The molecule has 6 nitrogen and oxygen atoms in total. The van der Waals surface area contributed by atoms with Crippen molar-refractivity contribution in [2.24, 2.45) is 5.10 Å². The Morgan fingerprint density at radius 2 is 1.74 bits per heavy atom. The SMILES string of the molecule is Cc1ccc(CNC(=O)C(=O)N/N=C\c2ccccc2OCc2cccc(F)c2)cc1. The van der Waals surface area contributed by atoms with Crippen LogP contribution in [0.25, 0.3) is 0 Å². The maximum atomic E-state index is 13.3. The Bertz CT molecular complexity index is 1080. The predicted octanol–water partition coefficient (Wildman–Crippen LogP) is 3.48. The zero-order chi connectivity index (χ0) is 22.1. The molecule has 0 aliphatic rings. The number of ether oxygens (including phenoxy) is 1. The lowest BCUT2D eigenvalue weighted by molar-refractivity contribution is -0.139. The molecule has 7 heteroatoms. The van der Waals surface area contributed by atoms with E-state index >= 15 is 0 Å². The van der Waals surface area contributed by atoms with Crippen LogP contribution in [0.3, 0.4) is 0 Å². The van der Waals surface area contributed by atoms with Gasteiger partial charge in [0.1, 0.15) is 18.2 Å². The summed E-state index contributed by atoms with van der Waals surface area (Å²) in [5.41, 5.74) is 5.48. The number of amides is 2. The molecule has 31 heavy (non-hydrogen) atoms. The third-order valence-corrected chi connectivity index (χ3v) is 4.35. The summed E-state index contributed by atoms with van der Waals surface area (Å²) in [6, 6.07) is 20.8. The van der Waals surface area contributed by atoms with Crippen LogP contribution in [0.15, 0.2) is 77.9 Å². The molecule has 0 aliphatic carbocycles. The number of halogens is 1. The molecule has 0 unspecified atom stereocenters. The summed E-state index contributed by atoms with van der Waals surface area (Å²) in [6.07, 6.45) is 1.38. The number of benzene rings is 3. The number of para-hydroxylation sites is 1. The molecule has 0 atom stereocenters. The molecule has 0 fully saturated rings. The monoisotopic (exact) mass is 419 g/mol. The average molecular weight is 419 g/mol. The Kier molecular flexibility index (Phi) is 7.48. The van der Waals surface area contributed by atoms with Gasteiger partial charge in [-0.25, -0.2) is 9.82 Å². The number of rotatable bonds is 7. The van der Waals surface area contributed by atoms with Crippen molar-refractivity contribution < 1.29 is 18.7 Å². The van der Waals surface area contributed by atoms with Crippen molar-refractivity contribution in [1.29, 1.82) is 0 Å². The van der Waals surface area contributed by atoms with E-state index in [4.69, 9.17) is 4.74 Å². The van der Waals surface area contributed by atoms with Crippen LogP contribution in [0.2, 0.25) is 0 Å². The van der Waals surface area contributed by atoms with Crippen LogP contribution in [0.5, 0.6) is 5.75 Å². The molecule has 0 spiro atoms. The topological polar surface area (TPSA) is 79.8 Å². The highest BCUT2D eigenvalue weighted by Crippen LogP contribution is 2.18. The molecule has 2 amide bonds. The third kappa shape index (κ3) is 6.78. The molecule has 0 radical (unpaired) electrons. The Balaban J connectivity index is 1.52. The van der Waals surface area contributed by atoms with Gasteiger partial charge in [-0.15, -0.1) is 0 Å². The number of nitrogens with one attached hydrogen (secondary N) is 2. The molecule has 0 saturated heterocycles. The molecule has 0 heterocycles. The number of nitrogens with zero attached hydrogens (tertiary/aromatic N) is 1. The van der Waals surface area contributed by atoms with E-state index in [1.165, 1.54) is 18.3 Å². The lowest BCUT2D eigenvalue weighted by atomic mass is 10.1. The Morgan fingerprint density at radius 3 is 2.52 bits per heavy atom. The molecular formula is C24H22FN3O3. The zero-order valence-electron chi connectivity index (χ0n) is 17.0. The quantitative estimate of drug-likeness (QED) is 0.350. The molecule has 0 aromatic heterocycles. The first kappa shape index (κ1) is 21.7. The van der Waals surface area contributed by atoms with Gasteiger partial charge >= 0.3 is 11.8 Å². The Morgan fingerprint density at radius 1 is 0.968 bits per heavy atom. The molecule has 3 aromatic rings. The number of hydrazone groups is 1. The van der Waals surface area contributed by atoms with Crippen LogP contribution < -0.4 is 15.5 Å². The fraction of sp³-hybridized carbons (Fsp3) is 0.125. The maximum Gasteiger partial charge on any atom is 0.329 e. The second-order valence-electron chi connectivity index (χ2n) is 6.82. The van der Waals surface area contributed by atoms with Gasteiger partial charge in [0, 0.05) is 12.1 Å². The highest BCUT2D eigenvalue weighted by molar-refractivity contribution is 6.35. The average Bonchev–Trinajstić information content (AvgIpc) is 2.78. The van der Waals surface area contributed by atoms with Crippen molar-refractivity contribution in [2.45, 2.75) is 20.1 Å². The zero-order valence-corrected chi connectivity index (χ0v) is 17.0. The molecule has 3 rings (SSSR count). The summed E-state index contributed by atoms with van der Waals surface area (Å²) in [5.74, 6) is -1.48. The Labute approximate surface area is 179 Å². The maximum absolute atomic E-state index is 13.3. The molecular weight excluding hydrogens is 397 g/mol. The first-order valence-electron chi connectivity index (χ1n) is 9.64. The molecule has 2 N–H and O–H groups in total. The summed E-state index contributed by atoms with van der Waals surface area (Å²) in [6.45, 7) is 2.39. The highest BCUT2D eigenvalue weighted by atomic mass is 19.1. The van der Waals surface area contributed by atoms with Gasteiger partial charge in [-0.05, 0) is 42.3 Å². The van der Waals surface area contributed by atoms with E-state index in [1.807, 2.05) is 31.2 Å². The van der Waals surface area contributed by atoms with Crippen molar-refractivity contribution in [3.63, 3.8) is 0 Å². The van der Waals surface area contributed by atoms with Gasteiger partial charge in [0.25, 0.3) is 0 Å². The second-order valence-corrected chi connectivity index (χ2v) is 6.82.